The van der Waals surface area contributed by atoms with E-state index >= 15 is 0 Å². The van der Waals surface area contributed by atoms with Crippen LogP contribution in [0.3, 0.4) is 0 Å². The molecule has 0 amide bonds. The van der Waals surface area contributed by atoms with E-state index in [0.717, 1.165) is 34.9 Å². The van der Waals surface area contributed by atoms with Gasteiger partial charge in [0.1, 0.15) is 37.1 Å². The maximum atomic E-state index is 13.9. The summed E-state index contributed by atoms with van der Waals surface area (Å²) in [5.74, 6) is -2.48. The molecule has 4 rings (SSSR count). The van der Waals surface area contributed by atoms with Gasteiger partial charge in [0, 0.05) is 51.6 Å². The number of rotatable bonds is 15. The lowest BCUT2D eigenvalue weighted by molar-refractivity contribution is -0.138. The van der Waals surface area contributed by atoms with E-state index in [0.29, 0.717) is 47.1 Å². The normalized spacial score (nSPS) is 13.0. The summed E-state index contributed by atoms with van der Waals surface area (Å²) in [6, 6.07) is 11.2. The molecule has 15 nitrogen and oxygen atoms in total. The van der Waals surface area contributed by atoms with Gasteiger partial charge in [-0.2, -0.15) is 0 Å². The molecule has 0 saturated carbocycles. The Morgan fingerprint density at radius 2 is 0.600 bits per heavy atom. The predicted molar refractivity (Wildman–Crippen MR) is 296 cm³/mol. The van der Waals surface area contributed by atoms with Crippen LogP contribution in [0.1, 0.15) is 175 Å². The number of carbonyl (C=O) groups excluding carboxylic acids is 3. The molecule has 0 aliphatic carbocycles. The van der Waals surface area contributed by atoms with Gasteiger partial charge in [-0.1, -0.05) is 143 Å². The molecule has 408 valence electrons. The van der Waals surface area contributed by atoms with Crippen LogP contribution in [-0.4, -0.2) is 66.7 Å². The van der Waals surface area contributed by atoms with Crippen LogP contribution in [0.4, 0.5) is 0 Å². The quantitative estimate of drug-likeness (QED) is 0.0578. The van der Waals surface area contributed by atoms with Crippen LogP contribution >= 0.6 is 0 Å². The van der Waals surface area contributed by atoms with Crippen LogP contribution in [-0.2, 0) is 80.7 Å². The van der Waals surface area contributed by atoms with Crippen LogP contribution in [0.2, 0.25) is 0 Å². The van der Waals surface area contributed by atoms with Crippen LogP contribution in [0, 0.1) is 0 Å². The van der Waals surface area contributed by atoms with Gasteiger partial charge >= 0.3 is 35.0 Å². The van der Waals surface area contributed by atoms with E-state index in [-0.39, 0.29) is 33.5 Å². The van der Waals surface area contributed by atoms with Crippen molar-refractivity contribution in [1.29, 1.82) is 0 Å². The number of phenolic OH excluding ortho intramolecular Hbond substituents is 3. The minimum atomic E-state index is -1.08. The zero-order chi connectivity index (χ0) is 57.0. The smallest absolute Gasteiger partial charge is 0.336 e. The Labute approximate surface area is 442 Å². The molecule has 75 heavy (non-hydrogen) atoms. The maximum absolute atomic E-state index is 13.9. The van der Waals surface area contributed by atoms with Gasteiger partial charge in [0.05, 0.1) is 19.6 Å². The Morgan fingerprint density at radius 1 is 0.387 bits per heavy atom. The van der Waals surface area contributed by atoms with Gasteiger partial charge in [-0.25, -0.2) is 42.5 Å². The first-order valence-electron chi connectivity index (χ1n) is 25.4. The molecule has 0 bridgehead atoms. The minimum absolute atomic E-state index is 0.0112. The fraction of sp³-hybridized carbons (Fsp3) is 0.500. The second-order valence-electron chi connectivity index (χ2n) is 25.2. The van der Waals surface area contributed by atoms with Crippen molar-refractivity contribution >= 4 is 36.1 Å². The van der Waals surface area contributed by atoms with Crippen molar-refractivity contribution in [2.75, 3.05) is 19.8 Å². The van der Waals surface area contributed by atoms with E-state index < -0.39 is 90.7 Å². The number of nitrogens with zero attached hydrogens (tertiary/aromatic N) is 3. The van der Waals surface area contributed by atoms with Crippen LogP contribution in [0.25, 0.3) is 18.2 Å². The summed E-state index contributed by atoms with van der Waals surface area (Å²) in [6.45, 7) is 33.1. The van der Waals surface area contributed by atoms with Crippen molar-refractivity contribution in [3.63, 3.8) is 0 Å². The highest BCUT2D eigenvalue weighted by Gasteiger charge is 2.28. The predicted octanol–water partition coefficient (Wildman–Crippen LogP) is 9.84. The molecule has 4 aromatic rings. The second kappa shape index (κ2) is 22.9. The summed E-state index contributed by atoms with van der Waals surface area (Å²) in [5.41, 5.74) is 0.800. The molecule has 1 heterocycles. The molecule has 1 aromatic heterocycles. The lowest BCUT2D eigenvalue weighted by atomic mass is 9.79. The van der Waals surface area contributed by atoms with Crippen molar-refractivity contribution < 1.29 is 43.9 Å². The number of aromatic nitrogens is 3. The lowest BCUT2D eigenvalue weighted by Crippen LogP contribution is -2.55. The third-order valence-electron chi connectivity index (χ3n) is 12.7. The van der Waals surface area contributed by atoms with Gasteiger partial charge < -0.3 is 29.5 Å². The first-order valence-corrected chi connectivity index (χ1v) is 25.4. The first-order chi connectivity index (χ1) is 34.2. The molecule has 0 fully saturated rings. The minimum Gasteiger partial charge on any atom is -0.507 e. The molecular formula is C60H81N3O12. The fourth-order valence-corrected chi connectivity index (χ4v) is 7.95. The molecular weight excluding hydrogens is 955 g/mol. The third-order valence-corrected chi connectivity index (χ3v) is 12.7. The van der Waals surface area contributed by atoms with Crippen LogP contribution in [0.15, 0.2) is 69.0 Å². The Hall–Kier alpha value is -6.90. The summed E-state index contributed by atoms with van der Waals surface area (Å²) in [7, 11) is 0. The van der Waals surface area contributed by atoms with Gasteiger partial charge in [0.25, 0.3) is 0 Å². The Bertz CT molecular complexity index is 2710. The number of carbonyl (C=O) groups is 3. The van der Waals surface area contributed by atoms with E-state index in [1.54, 1.807) is 18.2 Å². The van der Waals surface area contributed by atoms with E-state index in [1.807, 2.05) is 143 Å². The first kappa shape index (κ1) is 60.7. The Morgan fingerprint density at radius 3 is 0.787 bits per heavy atom. The van der Waals surface area contributed by atoms with Gasteiger partial charge in [-0.15, -0.1) is 0 Å². The molecule has 0 saturated heterocycles. The highest BCUT2D eigenvalue weighted by molar-refractivity contribution is 5.89. The van der Waals surface area contributed by atoms with E-state index in [9.17, 15) is 44.1 Å². The van der Waals surface area contributed by atoms with Crippen molar-refractivity contribution in [1.82, 2.24) is 13.7 Å². The van der Waals surface area contributed by atoms with Crippen molar-refractivity contribution in [2.24, 2.45) is 0 Å². The second-order valence-corrected chi connectivity index (χ2v) is 25.2. The number of hydrogen-bond acceptors (Lipinski definition) is 12. The van der Waals surface area contributed by atoms with Crippen molar-refractivity contribution in [3.8, 4) is 17.2 Å². The maximum Gasteiger partial charge on any atom is 0.336 e. The lowest BCUT2D eigenvalue weighted by Gasteiger charge is -2.27. The summed E-state index contributed by atoms with van der Waals surface area (Å²) >= 11 is 0. The molecule has 0 radical (unpaired) electrons. The van der Waals surface area contributed by atoms with Gasteiger partial charge in [0.2, 0.25) is 0 Å². The number of benzene rings is 3. The summed E-state index contributed by atoms with van der Waals surface area (Å²) < 4.78 is 18.3. The average Bonchev–Trinajstić information content (AvgIpc) is 3.26. The highest BCUT2D eigenvalue weighted by atomic mass is 16.5. The number of esters is 3. The van der Waals surface area contributed by atoms with Crippen molar-refractivity contribution in [2.45, 2.75) is 177 Å². The van der Waals surface area contributed by atoms with E-state index in [2.05, 4.69) is 0 Å². The van der Waals surface area contributed by atoms with Gasteiger partial charge in [0.15, 0.2) is 0 Å². The standard InChI is InChI=1S/C60H81N3O12/c1-55(2,3)40-31-37(49(67)43(34-40)58(10,11)12)19-22-46(64)73-28-25-61-52(70)62(26-29-74-47(65)23-20-38-32-41(56(4,5)6)35-44(50(38)68)59(13,14)15)54(72)63(53(61)71)27-30-75-48(66)24-21-39-33-42(57(7,8)9)36-45(51(39)69)60(16,17)18/h19-24,31-36,67-69H,25-30H2,1-18H3/b22-19+,23-20+,24-21+. The third kappa shape index (κ3) is 15.8. The largest absolute Gasteiger partial charge is 0.507 e. The molecule has 0 unspecified atom stereocenters. The molecule has 15 heteroatoms. The molecule has 3 N–H and O–H groups in total. The summed E-state index contributed by atoms with van der Waals surface area (Å²) in [4.78, 5) is 80.9. The topological polar surface area (TPSA) is 206 Å². The molecule has 0 aliphatic heterocycles. The number of hydrogen-bond donors (Lipinski definition) is 3. The van der Waals surface area contributed by atoms with Gasteiger partial charge in [-0.05, 0) is 85.6 Å². The van der Waals surface area contributed by atoms with E-state index in [1.165, 1.54) is 18.2 Å². The van der Waals surface area contributed by atoms with Crippen LogP contribution in [0.5, 0.6) is 17.2 Å². The highest BCUT2D eigenvalue weighted by Crippen LogP contribution is 2.41. The molecule has 0 aliphatic rings. The number of ether oxygens (including phenoxy) is 3. The summed E-state index contributed by atoms with van der Waals surface area (Å²) in [6.07, 6.45) is 7.66. The molecule has 0 atom stereocenters. The zero-order valence-electron chi connectivity index (χ0n) is 47.5. The SMILES string of the molecule is CC(C)(C)c1cc(/C=C/C(=O)OCCn2c(=O)n(CCOC(=O)/C=C/c3cc(C(C)(C)C)cc(C(C)(C)C)c3O)c(=O)n(CCOC(=O)/C=C/c3cc(C(C)(C)C)cc(C(C)(C)C)c3O)c2=O)c(O)c(C(C)(C)C)c1. The average molecular weight is 1040 g/mol. The zero-order valence-corrected chi connectivity index (χ0v) is 47.5. The number of aromatic hydroxyl groups is 3. The van der Waals surface area contributed by atoms with Crippen molar-refractivity contribution in [3.05, 3.63) is 136 Å². The Kier molecular flexibility index (Phi) is 18.5. The Balaban J connectivity index is 1.62. The summed E-state index contributed by atoms with van der Waals surface area (Å²) in [5, 5.41) is 33.6. The monoisotopic (exact) mass is 1040 g/mol. The molecule has 0 spiro atoms. The van der Waals surface area contributed by atoms with Crippen LogP contribution < -0.4 is 17.1 Å². The van der Waals surface area contributed by atoms with Gasteiger partial charge in [-0.3, -0.25) is 0 Å². The molecule has 3 aromatic carbocycles. The number of phenols is 3. The fourth-order valence-electron chi connectivity index (χ4n) is 7.95. The van der Waals surface area contributed by atoms with E-state index in [4.69, 9.17) is 14.2 Å².